The number of nitrogens with zero attached hydrogens (tertiary/aromatic N) is 3. The quantitative estimate of drug-likeness (QED) is 0.364. The van der Waals surface area contributed by atoms with Crippen molar-refractivity contribution in [3.05, 3.63) is 48.3 Å². The van der Waals surface area contributed by atoms with E-state index in [1.807, 2.05) is 0 Å². The SMILES string of the molecule is C[C@@H](Oc1cc(F)ccc1Nc1ncnc2cc(N=S(C)(=O)C(C)(C)C)cc(F)c12)C(=O)NCC(F)(F)F. The number of carbonyl (C=O) groups excluding carboxylic acids is 1. The summed E-state index contributed by atoms with van der Waals surface area (Å²) in [7, 11) is -2.73. The summed E-state index contributed by atoms with van der Waals surface area (Å²) in [5.74, 6) is -2.87. The highest BCUT2D eigenvalue weighted by Crippen LogP contribution is 2.34. The van der Waals surface area contributed by atoms with Crippen molar-refractivity contribution in [2.75, 3.05) is 18.1 Å². The zero-order valence-electron chi connectivity index (χ0n) is 21.1. The Kier molecular flexibility index (Phi) is 8.15. The summed E-state index contributed by atoms with van der Waals surface area (Å²) < 4.78 is 88.3. The molecular weight excluding hydrogens is 533 g/mol. The van der Waals surface area contributed by atoms with Crippen LogP contribution in [-0.2, 0) is 14.5 Å². The second-order valence-corrected chi connectivity index (χ2v) is 12.4. The van der Waals surface area contributed by atoms with Crippen LogP contribution in [0.2, 0.25) is 0 Å². The number of anilines is 2. The fourth-order valence-corrected chi connectivity index (χ4v) is 3.79. The predicted molar refractivity (Wildman–Crippen MR) is 134 cm³/mol. The predicted octanol–water partition coefficient (Wildman–Crippen LogP) is 5.63. The highest BCUT2D eigenvalue weighted by molar-refractivity contribution is 7.94. The molecule has 0 aliphatic rings. The molecule has 0 spiro atoms. The standard InChI is InChI=1S/C24H26F5N5O3S/c1-13(22(35)30-11-24(27,28)29)37-19-8-14(25)6-7-17(19)33-21-20-16(26)9-15(10-18(20)31-12-32-21)34-38(5,36)23(2,3)4/h6-10,12-13H,11H2,1-5H3,(H,30,35)(H,31,32,33)/t13-,38?/m1/s1. The van der Waals surface area contributed by atoms with Gasteiger partial charge in [-0.05, 0) is 45.9 Å². The molecule has 0 saturated carbocycles. The first-order chi connectivity index (χ1) is 17.5. The second kappa shape index (κ2) is 10.7. The number of aromatic nitrogens is 2. The van der Waals surface area contributed by atoms with E-state index in [4.69, 9.17) is 4.74 Å². The van der Waals surface area contributed by atoms with Gasteiger partial charge in [0.25, 0.3) is 5.91 Å². The van der Waals surface area contributed by atoms with E-state index in [2.05, 4.69) is 19.6 Å². The first-order valence-electron chi connectivity index (χ1n) is 11.2. The van der Waals surface area contributed by atoms with Gasteiger partial charge in [-0.25, -0.2) is 23.0 Å². The maximum Gasteiger partial charge on any atom is 0.405 e. The highest BCUT2D eigenvalue weighted by atomic mass is 32.2. The third-order valence-electron chi connectivity index (χ3n) is 5.42. The molecule has 206 valence electrons. The first kappa shape index (κ1) is 29.0. The molecule has 1 heterocycles. The number of hydrogen-bond donors (Lipinski definition) is 2. The number of alkyl halides is 3. The third-order valence-corrected chi connectivity index (χ3v) is 8.25. The average molecular weight is 560 g/mol. The summed E-state index contributed by atoms with van der Waals surface area (Å²) in [6.07, 6.45) is -3.43. The van der Waals surface area contributed by atoms with Crippen molar-refractivity contribution in [1.29, 1.82) is 0 Å². The van der Waals surface area contributed by atoms with Crippen LogP contribution in [0.5, 0.6) is 5.75 Å². The van der Waals surface area contributed by atoms with Crippen molar-refractivity contribution >= 4 is 43.7 Å². The number of benzene rings is 2. The molecule has 1 unspecified atom stereocenters. The van der Waals surface area contributed by atoms with Gasteiger partial charge in [0.15, 0.2) is 6.10 Å². The Hall–Kier alpha value is -3.55. The van der Waals surface area contributed by atoms with Gasteiger partial charge in [-0.3, -0.25) is 4.79 Å². The molecule has 3 aromatic rings. The molecule has 2 aromatic carbocycles. The normalized spacial score (nSPS) is 14.5. The van der Waals surface area contributed by atoms with Crippen LogP contribution in [0.3, 0.4) is 0 Å². The van der Waals surface area contributed by atoms with Gasteiger partial charge >= 0.3 is 6.18 Å². The Morgan fingerprint density at radius 1 is 1.13 bits per heavy atom. The Morgan fingerprint density at radius 3 is 2.45 bits per heavy atom. The molecule has 0 aliphatic carbocycles. The number of amides is 1. The van der Waals surface area contributed by atoms with E-state index in [1.54, 1.807) is 26.1 Å². The lowest BCUT2D eigenvalue weighted by Gasteiger charge is -2.20. The van der Waals surface area contributed by atoms with E-state index in [9.17, 15) is 26.6 Å². The van der Waals surface area contributed by atoms with E-state index in [0.717, 1.165) is 24.5 Å². The number of hydrogen-bond acceptors (Lipinski definition) is 7. The van der Waals surface area contributed by atoms with E-state index < -0.39 is 50.8 Å². The van der Waals surface area contributed by atoms with Crippen molar-refractivity contribution in [3.8, 4) is 5.75 Å². The Labute approximate surface area is 216 Å². The lowest BCUT2D eigenvalue weighted by molar-refractivity contribution is -0.142. The largest absolute Gasteiger partial charge is 0.479 e. The smallest absolute Gasteiger partial charge is 0.405 e. The Bertz CT molecular complexity index is 1480. The maximum atomic E-state index is 15.2. The van der Waals surface area contributed by atoms with Crippen LogP contribution < -0.4 is 15.4 Å². The maximum absolute atomic E-state index is 15.2. The van der Waals surface area contributed by atoms with Crippen LogP contribution in [0.25, 0.3) is 10.9 Å². The molecule has 1 aromatic heterocycles. The molecule has 14 heteroatoms. The molecule has 0 bridgehead atoms. The number of nitrogens with one attached hydrogen (secondary N) is 2. The van der Waals surface area contributed by atoms with E-state index in [0.29, 0.717) is 0 Å². The Balaban J connectivity index is 1.96. The lowest BCUT2D eigenvalue weighted by Crippen LogP contribution is -2.41. The minimum Gasteiger partial charge on any atom is -0.479 e. The van der Waals surface area contributed by atoms with Gasteiger partial charge in [0.05, 0.1) is 32.0 Å². The summed E-state index contributed by atoms with van der Waals surface area (Å²) >= 11 is 0. The van der Waals surface area contributed by atoms with Crippen molar-refractivity contribution in [2.45, 2.75) is 44.7 Å². The van der Waals surface area contributed by atoms with Crippen LogP contribution >= 0.6 is 0 Å². The van der Waals surface area contributed by atoms with E-state index >= 15 is 4.39 Å². The zero-order valence-corrected chi connectivity index (χ0v) is 21.9. The number of carbonyl (C=O) groups is 1. The van der Waals surface area contributed by atoms with Crippen molar-refractivity contribution < 1.29 is 35.7 Å². The van der Waals surface area contributed by atoms with E-state index in [1.165, 1.54) is 25.3 Å². The molecule has 0 fully saturated rings. The summed E-state index contributed by atoms with van der Waals surface area (Å²) in [6, 6.07) is 5.73. The van der Waals surface area contributed by atoms with Crippen molar-refractivity contribution in [2.24, 2.45) is 4.36 Å². The molecule has 2 N–H and O–H groups in total. The van der Waals surface area contributed by atoms with Gasteiger partial charge in [-0.15, -0.1) is 0 Å². The van der Waals surface area contributed by atoms with Crippen molar-refractivity contribution in [1.82, 2.24) is 15.3 Å². The highest BCUT2D eigenvalue weighted by Gasteiger charge is 2.29. The van der Waals surface area contributed by atoms with Crippen LogP contribution in [0, 0.1) is 11.6 Å². The van der Waals surface area contributed by atoms with Gasteiger partial charge in [-0.1, -0.05) is 0 Å². The topological polar surface area (TPSA) is 106 Å². The number of ether oxygens (including phenoxy) is 1. The molecular formula is C24H26F5N5O3S. The summed E-state index contributed by atoms with van der Waals surface area (Å²) in [5, 5.41) is 4.42. The molecule has 3 rings (SSSR count). The molecule has 2 atom stereocenters. The van der Waals surface area contributed by atoms with Crippen LogP contribution in [0.1, 0.15) is 27.7 Å². The molecule has 0 radical (unpaired) electrons. The molecule has 0 aliphatic heterocycles. The number of halogens is 5. The minimum absolute atomic E-state index is 0.0438. The van der Waals surface area contributed by atoms with Crippen LogP contribution in [-0.4, -0.2) is 49.9 Å². The van der Waals surface area contributed by atoms with Gasteiger partial charge in [0.2, 0.25) is 0 Å². The first-order valence-corrected chi connectivity index (χ1v) is 13.1. The minimum atomic E-state index is -4.62. The van der Waals surface area contributed by atoms with E-state index in [-0.39, 0.29) is 33.8 Å². The summed E-state index contributed by atoms with van der Waals surface area (Å²) in [4.78, 5) is 20.1. The lowest BCUT2D eigenvalue weighted by atomic mass is 10.2. The van der Waals surface area contributed by atoms with Crippen LogP contribution in [0.4, 0.5) is 39.1 Å². The van der Waals surface area contributed by atoms with Gasteiger partial charge in [-0.2, -0.15) is 17.5 Å². The van der Waals surface area contributed by atoms with Gasteiger partial charge < -0.3 is 15.4 Å². The number of fused-ring (bicyclic) bond motifs is 1. The third kappa shape index (κ3) is 7.05. The summed E-state index contributed by atoms with van der Waals surface area (Å²) in [5.41, 5.74) is 0.306. The molecule has 0 saturated heterocycles. The summed E-state index contributed by atoms with van der Waals surface area (Å²) in [6.45, 7) is 4.89. The monoisotopic (exact) mass is 559 g/mol. The van der Waals surface area contributed by atoms with Gasteiger partial charge in [0, 0.05) is 23.1 Å². The fourth-order valence-electron chi connectivity index (χ4n) is 3.01. The second-order valence-electron chi connectivity index (χ2n) is 9.41. The van der Waals surface area contributed by atoms with Crippen molar-refractivity contribution in [3.63, 3.8) is 0 Å². The molecule has 38 heavy (non-hydrogen) atoms. The van der Waals surface area contributed by atoms with Crippen LogP contribution in [0.15, 0.2) is 41.0 Å². The number of rotatable bonds is 7. The Morgan fingerprint density at radius 2 is 1.82 bits per heavy atom. The molecule has 1 amide bonds. The fraction of sp³-hybridized carbons (Fsp3) is 0.375. The molecule has 8 nitrogen and oxygen atoms in total. The zero-order chi connectivity index (χ0) is 28.5. The van der Waals surface area contributed by atoms with Gasteiger partial charge in [0.1, 0.15) is 36.1 Å². The average Bonchev–Trinajstić information content (AvgIpc) is 2.77.